The molecule has 0 spiro atoms. The second-order valence-electron chi connectivity index (χ2n) is 6.08. The van der Waals surface area contributed by atoms with Crippen molar-refractivity contribution in [3.05, 3.63) is 36.5 Å². The molecule has 120 valence electrons. The van der Waals surface area contributed by atoms with E-state index in [9.17, 15) is 9.59 Å². The highest BCUT2D eigenvalue weighted by Crippen LogP contribution is 2.23. The molecule has 0 bridgehead atoms. The topological polar surface area (TPSA) is 78.1 Å². The van der Waals surface area contributed by atoms with Gasteiger partial charge in [0.15, 0.2) is 0 Å². The van der Waals surface area contributed by atoms with Gasteiger partial charge in [-0.15, -0.1) is 0 Å². The molecule has 1 aliphatic heterocycles. The minimum absolute atomic E-state index is 0.0507. The van der Waals surface area contributed by atoms with Gasteiger partial charge in [0.1, 0.15) is 0 Å². The Labute approximate surface area is 134 Å². The second-order valence-corrected chi connectivity index (χ2v) is 6.08. The van der Waals surface area contributed by atoms with Crippen molar-refractivity contribution < 1.29 is 9.59 Å². The molecule has 2 aromatic rings. The quantitative estimate of drug-likeness (QED) is 0.909. The van der Waals surface area contributed by atoms with Crippen LogP contribution in [0.1, 0.15) is 20.3 Å². The molecule has 1 fully saturated rings. The summed E-state index contributed by atoms with van der Waals surface area (Å²) in [6.45, 7) is 4.42. The number of carbonyl (C=O) groups excluding carboxylic acids is 2. The van der Waals surface area contributed by atoms with Crippen LogP contribution < -0.4 is 5.32 Å². The van der Waals surface area contributed by atoms with E-state index in [0.717, 1.165) is 16.9 Å². The summed E-state index contributed by atoms with van der Waals surface area (Å²) in [5, 5.41) is 9.71. The van der Waals surface area contributed by atoms with Gasteiger partial charge in [0.05, 0.1) is 11.6 Å². The van der Waals surface area contributed by atoms with Crippen molar-refractivity contribution in [1.82, 2.24) is 15.1 Å². The molecule has 1 aromatic carbocycles. The Bertz CT molecular complexity index is 692. The normalized spacial score (nSPS) is 17.8. The third-order valence-corrected chi connectivity index (χ3v) is 4.12. The fraction of sp³-hybridized carbons (Fsp3) is 0.353. The molecule has 2 N–H and O–H groups in total. The number of rotatable bonds is 4. The molecule has 6 nitrogen and oxygen atoms in total. The third-order valence-electron chi connectivity index (χ3n) is 4.12. The van der Waals surface area contributed by atoms with E-state index in [0.29, 0.717) is 6.54 Å². The van der Waals surface area contributed by atoms with E-state index < -0.39 is 0 Å². The zero-order valence-electron chi connectivity index (χ0n) is 13.2. The van der Waals surface area contributed by atoms with Gasteiger partial charge in [-0.1, -0.05) is 12.1 Å². The zero-order valence-corrected chi connectivity index (χ0v) is 13.2. The van der Waals surface area contributed by atoms with Crippen LogP contribution in [0.25, 0.3) is 11.3 Å². The Morgan fingerprint density at radius 1 is 1.30 bits per heavy atom. The molecule has 1 aromatic heterocycles. The minimum atomic E-state index is -0.280. The van der Waals surface area contributed by atoms with Crippen LogP contribution in [-0.2, 0) is 9.59 Å². The van der Waals surface area contributed by atoms with Gasteiger partial charge in [0.2, 0.25) is 11.8 Å². The lowest BCUT2D eigenvalue weighted by molar-refractivity contribution is -0.129. The maximum atomic E-state index is 12.3. The molecule has 2 amide bonds. The number of aromatic nitrogens is 2. The number of carbonyl (C=O) groups is 2. The first-order valence-electron chi connectivity index (χ1n) is 7.74. The minimum Gasteiger partial charge on any atom is -0.339 e. The van der Waals surface area contributed by atoms with Crippen molar-refractivity contribution in [1.29, 1.82) is 0 Å². The van der Waals surface area contributed by atoms with Crippen molar-refractivity contribution in [3.63, 3.8) is 0 Å². The standard InChI is InChI=1S/C17H20N4O2/c1-11(2)21-10-13(9-16(21)22)17(23)19-14-5-3-12(4-6-14)15-7-8-18-20-15/h3-8,11,13H,9-10H2,1-2H3,(H,18,20)(H,19,23). The van der Waals surface area contributed by atoms with Crippen molar-refractivity contribution in [3.8, 4) is 11.3 Å². The lowest BCUT2D eigenvalue weighted by atomic mass is 10.1. The van der Waals surface area contributed by atoms with Gasteiger partial charge in [-0.2, -0.15) is 5.10 Å². The van der Waals surface area contributed by atoms with Crippen molar-refractivity contribution >= 4 is 17.5 Å². The maximum absolute atomic E-state index is 12.3. The van der Waals surface area contributed by atoms with E-state index >= 15 is 0 Å². The summed E-state index contributed by atoms with van der Waals surface area (Å²) in [5.41, 5.74) is 2.66. The number of aromatic amines is 1. The molecule has 0 radical (unpaired) electrons. The number of benzene rings is 1. The molecule has 1 saturated heterocycles. The lowest BCUT2D eigenvalue weighted by Crippen LogP contribution is -2.33. The van der Waals surface area contributed by atoms with Crippen LogP contribution in [0.15, 0.2) is 36.5 Å². The van der Waals surface area contributed by atoms with Crippen LogP contribution in [0.3, 0.4) is 0 Å². The van der Waals surface area contributed by atoms with Crippen molar-refractivity contribution in [2.75, 3.05) is 11.9 Å². The fourth-order valence-electron chi connectivity index (χ4n) is 2.80. The lowest BCUT2D eigenvalue weighted by Gasteiger charge is -2.20. The van der Waals surface area contributed by atoms with E-state index in [1.807, 2.05) is 44.2 Å². The number of nitrogens with one attached hydrogen (secondary N) is 2. The molecular weight excluding hydrogens is 292 g/mol. The fourth-order valence-corrected chi connectivity index (χ4v) is 2.80. The van der Waals surface area contributed by atoms with Gasteiger partial charge in [0.25, 0.3) is 0 Å². The first-order chi connectivity index (χ1) is 11.0. The van der Waals surface area contributed by atoms with Crippen molar-refractivity contribution in [2.45, 2.75) is 26.3 Å². The average Bonchev–Trinajstić information content (AvgIpc) is 3.17. The van der Waals surface area contributed by atoms with Crippen LogP contribution in [-0.4, -0.2) is 39.5 Å². The molecule has 0 saturated carbocycles. The van der Waals surface area contributed by atoms with Gasteiger partial charge in [-0.3, -0.25) is 14.7 Å². The highest BCUT2D eigenvalue weighted by Gasteiger charge is 2.35. The van der Waals surface area contributed by atoms with Gasteiger partial charge in [0, 0.05) is 30.9 Å². The van der Waals surface area contributed by atoms with E-state index in [-0.39, 0.29) is 30.2 Å². The van der Waals surface area contributed by atoms with E-state index in [1.165, 1.54) is 0 Å². The number of hydrogen-bond donors (Lipinski definition) is 2. The Balaban J connectivity index is 1.63. The van der Waals surface area contributed by atoms with Crippen LogP contribution >= 0.6 is 0 Å². The molecule has 0 aliphatic carbocycles. The summed E-state index contributed by atoms with van der Waals surface area (Å²) < 4.78 is 0. The van der Waals surface area contributed by atoms with Gasteiger partial charge < -0.3 is 10.2 Å². The highest BCUT2D eigenvalue weighted by atomic mass is 16.2. The van der Waals surface area contributed by atoms with Gasteiger partial charge >= 0.3 is 0 Å². The molecule has 2 heterocycles. The van der Waals surface area contributed by atoms with Crippen LogP contribution in [0, 0.1) is 5.92 Å². The monoisotopic (exact) mass is 312 g/mol. The number of hydrogen-bond acceptors (Lipinski definition) is 3. The predicted molar refractivity (Wildman–Crippen MR) is 87.6 cm³/mol. The molecule has 23 heavy (non-hydrogen) atoms. The second kappa shape index (κ2) is 6.24. The molecule has 1 unspecified atom stereocenters. The van der Waals surface area contributed by atoms with E-state index in [4.69, 9.17) is 0 Å². The largest absolute Gasteiger partial charge is 0.339 e. The zero-order chi connectivity index (χ0) is 16.4. The first-order valence-corrected chi connectivity index (χ1v) is 7.74. The third kappa shape index (κ3) is 3.26. The number of H-pyrrole nitrogens is 1. The van der Waals surface area contributed by atoms with Crippen molar-refractivity contribution in [2.24, 2.45) is 5.92 Å². The summed E-state index contributed by atoms with van der Waals surface area (Å²) in [6, 6.07) is 9.56. The number of likely N-dealkylation sites (tertiary alicyclic amines) is 1. The van der Waals surface area contributed by atoms with E-state index in [1.54, 1.807) is 11.1 Å². The number of anilines is 1. The Morgan fingerprint density at radius 2 is 2.04 bits per heavy atom. The SMILES string of the molecule is CC(C)N1CC(C(=O)Nc2ccc(-c3ccn[nH]3)cc2)CC1=O. The summed E-state index contributed by atoms with van der Waals surface area (Å²) in [4.78, 5) is 26.0. The molecule has 6 heteroatoms. The summed E-state index contributed by atoms with van der Waals surface area (Å²) in [5.74, 6) is -0.331. The summed E-state index contributed by atoms with van der Waals surface area (Å²) in [6.07, 6.45) is 1.98. The van der Waals surface area contributed by atoms with Crippen LogP contribution in [0.4, 0.5) is 5.69 Å². The average molecular weight is 312 g/mol. The Kier molecular flexibility index (Phi) is 4.14. The Morgan fingerprint density at radius 3 is 2.61 bits per heavy atom. The van der Waals surface area contributed by atoms with Crippen LogP contribution in [0.5, 0.6) is 0 Å². The molecule has 3 rings (SSSR count). The maximum Gasteiger partial charge on any atom is 0.229 e. The molecule has 1 aliphatic rings. The van der Waals surface area contributed by atoms with Gasteiger partial charge in [-0.25, -0.2) is 0 Å². The summed E-state index contributed by atoms with van der Waals surface area (Å²) >= 11 is 0. The number of nitrogens with zero attached hydrogens (tertiary/aromatic N) is 2. The smallest absolute Gasteiger partial charge is 0.229 e. The molecule has 1 atom stereocenters. The highest BCUT2D eigenvalue weighted by molar-refractivity contribution is 5.97. The van der Waals surface area contributed by atoms with E-state index in [2.05, 4.69) is 15.5 Å². The molecular formula is C17H20N4O2. The first kappa shape index (κ1) is 15.3. The van der Waals surface area contributed by atoms with Gasteiger partial charge in [-0.05, 0) is 37.6 Å². The number of amides is 2. The predicted octanol–water partition coefficient (Wildman–Crippen LogP) is 2.27. The summed E-state index contributed by atoms with van der Waals surface area (Å²) in [7, 11) is 0. The van der Waals surface area contributed by atoms with Crippen LogP contribution in [0.2, 0.25) is 0 Å². The Hall–Kier alpha value is -2.63.